The van der Waals surface area contributed by atoms with Gasteiger partial charge in [-0.2, -0.15) is 5.10 Å². The van der Waals surface area contributed by atoms with Gasteiger partial charge in [-0.15, -0.1) is 0 Å². The number of carbonyl (C=O) groups is 1. The van der Waals surface area contributed by atoms with Crippen LogP contribution >= 0.6 is 11.3 Å². The average molecular weight is 563 g/mol. The fourth-order valence-electron chi connectivity index (χ4n) is 5.83. The summed E-state index contributed by atoms with van der Waals surface area (Å²) in [5, 5.41) is 8.39. The summed E-state index contributed by atoms with van der Waals surface area (Å²) in [6.07, 6.45) is 5.50. The standard InChI is InChI=1S/C33H34N6OS/c1-20(2)31-24(26-17-34-39(21(26)3)18-22-11-12-22)13-14-30(36-31)38-16-15-23-7-6-8-25(27(23)19-38)32(40)37-33-35-28-9-4-5-10-29(28)41-33/h4-10,13-14,17,20,22H,11-12,15-16,18-19H2,1-3H3,(H,35,37,40). The number of hydrogen-bond acceptors (Lipinski definition) is 6. The highest BCUT2D eigenvalue weighted by Gasteiger charge is 2.26. The van der Waals surface area contributed by atoms with Crippen molar-refractivity contribution in [2.24, 2.45) is 5.92 Å². The minimum Gasteiger partial charge on any atom is -0.352 e. The lowest BCUT2D eigenvalue weighted by Gasteiger charge is -2.31. The lowest BCUT2D eigenvalue weighted by Crippen LogP contribution is -2.33. The van der Waals surface area contributed by atoms with E-state index >= 15 is 0 Å². The minimum absolute atomic E-state index is 0.118. The largest absolute Gasteiger partial charge is 0.352 e. The van der Waals surface area contributed by atoms with Crippen molar-refractivity contribution < 1.29 is 4.79 Å². The lowest BCUT2D eigenvalue weighted by atomic mass is 9.94. The maximum Gasteiger partial charge on any atom is 0.257 e. The number of nitrogens with zero attached hydrogens (tertiary/aromatic N) is 5. The molecule has 7 rings (SSSR count). The molecule has 4 heterocycles. The molecule has 1 aliphatic heterocycles. The number of rotatable bonds is 7. The van der Waals surface area contributed by atoms with Gasteiger partial charge in [-0.3, -0.25) is 14.8 Å². The molecule has 3 aromatic heterocycles. The second-order valence-electron chi connectivity index (χ2n) is 11.6. The van der Waals surface area contributed by atoms with E-state index in [2.05, 4.69) is 58.9 Å². The summed E-state index contributed by atoms with van der Waals surface area (Å²) in [6.45, 7) is 9.09. The predicted octanol–water partition coefficient (Wildman–Crippen LogP) is 7.21. The summed E-state index contributed by atoms with van der Waals surface area (Å²) < 4.78 is 3.22. The number of anilines is 2. The number of amides is 1. The van der Waals surface area contributed by atoms with Gasteiger partial charge in [0.1, 0.15) is 5.82 Å². The van der Waals surface area contributed by atoms with Crippen LogP contribution < -0.4 is 10.2 Å². The van der Waals surface area contributed by atoms with Crippen molar-refractivity contribution in [3.05, 3.63) is 88.9 Å². The number of hydrogen-bond donors (Lipinski definition) is 1. The molecule has 1 N–H and O–H groups in total. The van der Waals surface area contributed by atoms with Crippen molar-refractivity contribution in [1.29, 1.82) is 0 Å². The van der Waals surface area contributed by atoms with Crippen LogP contribution in [0.3, 0.4) is 0 Å². The molecular formula is C33H34N6OS. The highest BCUT2D eigenvalue weighted by atomic mass is 32.1. The third-order valence-electron chi connectivity index (χ3n) is 8.33. The molecule has 1 fully saturated rings. The Hall–Kier alpha value is -4.04. The zero-order valence-electron chi connectivity index (χ0n) is 23.7. The van der Waals surface area contributed by atoms with Gasteiger partial charge in [-0.05, 0) is 79.5 Å². The molecule has 0 bridgehead atoms. The smallest absolute Gasteiger partial charge is 0.257 e. The van der Waals surface area contributed by atoms with Gasteiger partial charge < -0.3 is 4.90 Å². The number of thiazole rings is 1. The van der Waals surface area contributed by atoms with Crippen LogP contribution in [0, 0.1) is 12.8 Å². The van der Waals surface area contributed by atoms with E-state index in [4.69, 9.17) is 10.1 Å². The fraction of sp³-hybridized carbons (Fsp3) is 0.333. The van der Waals surface area contributed by atoms with Gasteiger partial charge >= 0.3 is 0 Å². The summed E-state index contributed by atoms with van der Waals surface area (Å²) in [5.74, 6) is 1.88. The quantitative estimate of drug-likeness (QED) is 0.227. The Morgan fingerprint density at radius 3 is 2.71 bits per heavy atom. The number of para-hydroxylation sites is 1. The molecule has 2 aliphatic rings. The van der Waals surface area contributed by atoms with Crippen LogP contribution in [0.2, 0.25) is 0 Å². The molecule has 0 atom stereocenters. The van der Waals surface area contributed by atoms with Crippen LogP contribution in [0.25, 0.3) is 21.3 Å². The molecule has 0 unspecified atom stereocenters. The Bertz CT molecular complexity index is 1730. The van der Waals surface area contributed by atoms with E-state index in [1.165, 1.54) is 41.0 Å². The van der Waals surface area contributed by atoms with E-state index in [1.54, 1.807) is 0 Å². The molecule has 0 saturated heterocycles. The number of nitrogens with one attached hydrogen (secondary N) is 1. The SMILES string of the molecule is Cc1c(-c2ccc(N3CCc4cccc(C(=O)Nc5nc6ccccc6s5)c4C3)nc2C(C)C)cnn1CC1CC1. The summed E-state index contributed by atoms with van der Waals surface area (Å²) in [7, 11) is 0. The van der Waals surface area contributed by atoms with Gasteiger partial charge in [0.25, 0.3) is 5.91 Å². The lowest BCUT2D eigenvalue weighted by molar-refractivity contribution is 0.102. The van der Waals surface area contributed by atoms with E-state index in [-0.39, 0.29) is 11.8 Å². The van der Waals surface area contributed by atoms with Crippen LogP contribution in [0.5, 0.6) is 0 Å². The molecule has 7 nitrogen and oxygen atoms in total. The molecule has 8 heteroatoms. The second-order valence-corrected chi connectivity index (χ2v) is 12.6. The third kappa shape index (κ3) is 5.01. The molecule has 41 heavy (non-hydrogen) atoms. The predicted molar refractivity (Wildman–Crippen MR) is 166 cm³/mol. The van der Waals surface area contributed by atoms with Crippen molar-refractivity contribution >= 4 is 38.4 Å². The number of benzene rings is 2. The van der Waals surface area contributed by atoms with E-state index in [9.17, 15) is 4.79 Å². The highest BCUT2D eigenvalue weighted by Crippen LogP contribution is 2.36. The van der Waals surface area contributed by atoms with Crippen molar-refractivity contribution in [3.63, 3.8) is 0 Å². The summed E-state index contributed by atoms with van der Waals surface area (Å²) >= 11 is 1.50. The Morgan fingerprint density at radius 2 is 1.90 bits per heavy atom. The zero-order valence-corrected chi connectivity index (χ0v) is 24.5. The van der Waals surface area contributed by atoms with Crippen molar-refractivity contribution in [2.45, 2.75) is 59.0 Å². The van der Waals surface area contributed by atoms with Crippen LogP contribution in [0.15, 0.2) is 60.8 Å². The van der Waals surface area contributed by atoms with Crippen LogP contribution in [-0.2, 0) is 19.5 Å². The molecular weight excluding hydrogens is 528 g/mol. The first-order chi connectivity index (χ1) is 19.9. The molecule has 0 radical (unpaired) electrons. The van der Waals surface area contributed by atoms with Gasteiger partial charge in [-0.25, -0.2) is 9.97 Å². The van der Waals surface area contributed by atoms with E-state index in [0.29, 0.717) is 17.2 Å². The Morgan fingerprint density at radius 1 is 1.05 bits per heavy atom. The molecule has 0 spiro atoms. The zero-order chi connectivity index (χ0) is 28.1. The molecule has 5 aromatic rings. The van der Waals surface area contributed by atoms with E-state index in [1.807, 2.05) is 42.6 Å². The first-order valence-electron chi connectivity index (χ1n) is 14.5. The summed E-state index contributed by atoms with van der Waals surface area (Å²) in [6, 6.07) is 18.3. The van der Waals surface area contributed by atoms with Crippen LogP contribution in [0.4, 0.5) is 10.9 Å². The van der Waals surface area contributed by atoms with Gasteiger partial charge in [0, 0.05) is 42.0 Å². The highest BCUT2D eigenvalue weighted by molar-refractivity contribution is 7.22. The molecule has 1 saturated carbocycles. The van der Waals surface area contributed by atoms with Gasteiger partial charge in [-0.1, -0.05) is 49.4 Å². The first-order valence-corrected chi connectivity index (χ1v) is 15.3. The van der Waals surface area contributed by atoms with E-state index in [0.717, 1.165) is 58.3 Å². The minimum atomic E-state index is -0.118. The molecule has 1 amide bonds. The summed E-state index contributed by atoms with van der Waals surface area (Å²) in [4.78, 5) is 25.6. The molecule has 2 aromatic carbocycles. The normalized spacial score (nSPS) is 15.0. The van der Waals surface area contributed by atoms with Gasteiger partial charge in [0.05, 0.1) is 22.1 Å². The number of carbonyl (C=O) groups excluding carboxylic acids is 1. The average Bonchev–Trinajstić information content (AvgIpc) is 3.60. The number of fused-ring (bicyclic) bond motifs is 2. The monoisotopic (exact) mass is 562 g/mol. The first kappa shape index (κ1) is 25.9. The third-order valence-corrected chi connectivity index (χ3v) is 9.29. The van der Waals surface area contributed by atoms with Gasteiger partial charge in [0.2, 0.25) is 0 Å². The van der Waals surface area contributed by atoms with Crippen molar-refractivity contribution in [1.82, 2.24) is 19.7 Å². The van der Waals surface area contributed by atoms with Gasteiger partial charge in [0.15, 0.2) is 5.13 Å². The fourth-order valence-corrected chi connectivity index (χ4v) is 6.69. The summed E-state index contributed by atoms with van der Waals surface area (Å²) in [5.41, 5.74) is 8.51. The Kier molecular flexibility index (Phi) is 6.58. The second kappa shape index (κ2) is 10.4. The molecule has 208 valence electrons. The van der Waals surface area contributed by atoms with Crippen molar-refractivity contribution in [2.75, 3.05) is 16.8 Å². The topological polar surface area (TPSA) is 75.9 Å². The Balaban J connectivity index is 1.16. The number of pyridine rings is 1. The molecule has 1 aliphatic carbocycles. The maximum atomic E-state index is 13.5. The van der Waals surface area contributed by atoms with Crippen molar-refractivity contribution in [3.8, 4) is 11.1 Å². The van der Waals surface area contributed by atoms with Crippen LogP contribution in [0.1, 0.15) is 65.5 Å². The van der Waals surface area contributed by atoms with Crippen LogP contribution in [-0.4, -0.2) is 32.2 Å². The number of aromatic nitrogens is 4. The van der Waals surface area contributed by atoms with E-state index < -0.39 is 0 Å². The Labute approximate surface area is 244 Å². The maximum absolute atomic E-state index is 13.5.